The van der Waals surface area contributed by atoms with E-state index in [1.807, 2.05) is 18.2 Å². The number of carboxylic acids is 1. The monoisotopic (exact) mass is 349 g/mol. The van der Waals surface area contributed by atoms with Crippen molar-refractivity contribution < 1.29 is 24.2 Å². The van der Waals surface area contributed by atoms with Gasteiger partial charge in [-0.05, 0) is 18.6 Å². The van der Waals surface area contributed by atoms with Gasteiger partial charge in [0.15, 0.2) is 0 Å². The number of carboxylic acid groups (broad SMARTS) is 1. The molecule has 1 aliphatic rings. The Morgan fingerprint density at radius 3 is 2.76 bits per heavy atom. The van der Waals surface area contributed by atoms with Gasteiger partial charge >= 0.3 is 5.97 Å². The van der Waals surface area contributed by atoms with Gasteiger partial charge in [-0.15, -0.1) is 0 Å². The Hall–Kier alpha value is -2.24. The van der Waals surface area contributed by atoms with Crippen molar-refractivity contribution in [2.45, 2.75) is 45.6 Å². The molecule has 25 heavy (non-hydrogen) atoms. The number of aliphatic carboxylic acids is 1. The highest BCUT2D eigenvalue weighted by Crippen LogP contribution is 2.29. The van der Waals surface area contributed by atoms with Crippen LogP contribution in [0.2, 0.25) is 0 Å². The van der Waals surface area contributed by atoms with Crippen molar-refractivity contribution in [1.29, 1.82) is 0 Å². The molecule has 0 bridgehead atoms. The molecule has 1 unspecified atom stereocenters. The predicted molar refractivity (Wildman–Crippen MR) is 93.8 cm³/mol. The molecule has 1 amide bonds. The van der Waals surface area contributed by atoms with Crippen LogP contribution in [0.1, 0.15) is 44.6 Å². The molecule has 6 nitrogen and oxygen atoms in total. The number of rotatable bonds is 10. The predicted octanol–water partition coefficient (Wildman–Crippen LogP) is 3.09. The van der Waals surface area contributed by atoms with E-state index in [1.54, 1.807) is 12.0 Å². The van der Waals surface area contributed by atoms with Crippen molar-refractivity contribution in [3.8, 4) is 11.5 Å². The van der Waals surface area contributed by atoms with E-state index in [-0.39, 0.29) is 18.9 Å². The molecule has 0 saturated carbocycles. The van der Waals surface area contributed by atoms with Crippen LogP contribution < -0.4 is 9.47 Å². The van der Waals surface area contributed by atoms with Crippen LogP contribution in [0.25, 0.3) is 0 Å². The first kappa shape index (κ1) is 19.1. The van der Waals surface area contributed by atoms with E-state index in [9.17, 15) is 9.59 Å². The van der Waals surface area contributed by atoms with Gasteiger partial charge in [0.05, 0.1) is 19.6 Å². The van der Waals surface area contributed by atoms with Crippen LogP contribution in [0, 0.1) is 5.92 Å². The maximum Gasteiger partial charge on any atom is 0.308 e. The van der Waals surface area contributed by atoms with Gasteiger partial charge in [-0.3, -0.25) is 9.59 Å². The summed E-state index contributed by atoms with van der Waals surface area (Å²) in [4.78, 5) is 24.7. The fourth-order valence-electron chi connectivity index (χ4n) is 2.93. The van der Waals surface area contributed by atoms with Crippen LogP contribution in [-0.4, -0.2) is 42.1 Å². The molecule has 1 heterocycles. The lowest BCUT2D eigenvalue weighted by Crippen LogP contribution is -2.26. The van der Waals surface area contributed by atoms with E-state index in [0.29, 0.717) is 24.7 Å². The van der Waals surface area contributed by atoms with Gasteiger partial charge < -0.3 is 19.5 Å². The Balaban J connectivity index is 2.03. The van der Waals surface area contributed by atoms with Gasteiger partial charge in [0, 0.05) is 31.1 Å². The van der Waals surface area contributed by atoms with E-state index >= 15 is 0 Å². The molecule has 0 radical (unpaired) electrons. The zero-order chi connectivity index (χ0) is 18.2. The lowest BCUT2D eigenvalue weighted by atomic mass is 10.1. The highest BCUT2D eigenvalue weighted by atomic mass is 16.5. The second kappa shape index (κ2) is 9.30. The van der Waals surface area contributed by atoms with Crippen molar-refractivity contribution in [2.24, 2.45) is 5.92 Å². The Bertz CT molecular complexity index is 601. The maximum absolute atomic E-state index is 12.1. The van der Waals surface area contributed by atoms with Crippen LogP contribution in [-0.2, 0) is 16.1 Å². The van der Waals surface area contributed by atoms with E-state index in [4.69, 9.17) is 14.6 Å². The van der Waals surface area contributed by atoms with Crippen LogP contribution in [0.3, 0.4) is 0 Å². The average molecular weight is 349 g/mol. The van der Waals surface area contributed by atoms with Gasteiger partial charge in [-0.1, -0.05) is 26.2 Å². The molecule has 1 aromatic carbocycles. The van der Waals surface area contributed by atoms with Gasteiger partial charge in [0.2, 0.25) is 5.91 Å². The summed E-state index contributed by atoms with van der Waals surface area (Å²) in [6.07, 6.45) is 4.53. The molecule has 1 N–H and O–H groups in total. The fourth-order valence-corrected chi connectivity index (χ4v) is 2.93. The van der Waals surface area contributed by atoms with Crippen molar-refractivity contribution >= 4 is 11.9 Å². The van der Waals surface area contributed by atoms with Crippen LogP contribution in [0.4, 0.5) is 0 Å². The van der Waals surface area contributed by atoms with Crippen molar-refractivity contribution in [1.82, 2.24) is 4.90 Å². The second-order valence-corrected chi connectivity index (χ2v) is 6.40. The minimum Gasteiger partial charge on any atom is -0.497 e. The Kier molecular flexibility index (Phi) is 7.10. The molecule has 0 aromatic heterocycles. The number of nitrogens with zero attached hydrogens (tertiary/aromatic N) is 1. The molecule has 138 valence electrons. The smallest absolute Gasteiger partial charge is 0.308 e. The number of hydrogen-bond donors (Lipinski definition) is 1. The van der Waals surface area contributed by atoms with E-state index in [0.717, 1.165) is 18.4 Å². The summed E-state index contributed by atoms with van der Waals surface area (Å²) in [5.74, 6) is -0.273. The number of benzene rings is 1. The average Bonchev–Trinajstić information content (AvgIpc) is 2.97. The quantitative estimate of drug-likeness (QED) is 0.657. The number of hydrogen-bond acceptors (Lipinski definition) is 4. The normalized spacial score (nSPS) is 17.0. The number of likely N-dealkylation sites (tertiary alicyclic amines) is 1. The Morgan fingerprint density at radius 1 is 1.32 bits per heavy atom. The highest BCUT2D eigenvalue weighted by Gasteiger charge is 2.34. The Morgan fingerprint density at radius 2 is 2.12 bits per heavy atom. The molecule has 1 fully saturated rings. The summed E-state index contributed by atoms with van der Waals surface area (Å²) in [5.41, 5.74) is 0.871. The minimum atomic E-state index is -0.919. The second-order valence-electron chi connectivity index (χ2n) is 6.40. The third-order valence-corrected chi connectivity index (χ3v) is 4.45. The van der Waals surface area contributed by atoms with E-state index < -0.39 is 11.9 Å². The molecular formula is C19H27NO5. The molecule has 2 rings (SSSR count). The third kappa shape index (κ3) is 5.37. The van der Waals surface area contributed by atoms with Crippen LogP contribution in [0.5, 0.6) is 11.5 Å². The Labute approximate surface area is 148 Å². The van der Waals surface area contributed by atoms with Gasteiger partial charge in [-0.2, -0.15) is 0 Å². The molecule has 6 heteroatoms. The number of methoxy groups -OCH3 is 1. The van der Waals surface area contributed by atoms with Crippen molar-refractivity contribution in [2.75, 3.05) is 20.3 Å². The summed E-state index contributed by atoms with van der Waals surface area (Å²) in [6.45, 7) is 3.39. The first-order valence-corrected chi connectivity index (χ1v) is 8.85. The number of ether oxygens (including phenoxy) is 2. The summed E-state index contributed by atoms with van der Waals surface area (Å²) in [5, 5.41) is 9.10. The standard InChI is InChI=1S/C19H27NO5/c1-3-4-5-6-9-25-17-11-16(24-2)8-7-14(17)12-20-13-15(19(22)23)10-18(20)21/h7-8,11,15H,3-6,9-10,12-13H2,1-2H3,(H,22,23). The SMILES string of the molecule is CCCCCCOc1cc(OC)ccc1CN1CC(C(=O)O)CC1=O. The zero-order valence-corrected chi connectivity index (χ0v) is 15.0. The number of unbranched alkanes of at least 4 members (excludes halogenated alkanes) is 3. The maximum atomic E-state index is 12.1. The van der Waals surface area contributed by atoms with E-state index in [1.165, 1.54) is 12.8 Å². The molecule has 0 spiro atoms. The third-order valence-electron chi connectivity index (χ3n) is 4.45. The lowest BCUT2D eigenvalue weighted by molar-refractivity contribution is -0.141. The summed E-state index contributed by atoms with van der Waals surface area (Å²) >= 11 is 0. The van der Waals surface area contributed by atoms with E-state index in [2.05, 4.69) is 6.92 Å². The zero-order valence-electron chi connectivity index (χ0n) is 15.0. The number of carbonyl (C=O) groups is 2. The number of carbonyl (C=O) groups excluding carboxylic acids is 1. The summed E-state index contributed by atoms with van der Waals surface area (Å²) in [6, 6.07) is 5.53. The van der Waals surface area contributed by atoms with Crippen LogP contribution >= 0.6 is 0 Å². The fraction of sp³-hybridized carbons (Fsp3) is 0.579. The van der Waals surface area contributed by atoms with Crippen molar-refractivity contribution in [3.05, 3.63) is 23.8 Å². The molecule has 1 aliphatic heterocycles. The molecule has 1 atom stereocenters. The largest absolute Gasteiger partial charge is 0.497 e. The van der Waals surface area contributed by atoms with Gasteiger partial charge in [0.25, 0.3) is 0 Å². The molecule has 1 saturated heterocycles. The van der Waals surface area contributed by atoms with Crippen LogP contribution in [0.15, 0.2) is 18.2 Å². The lowest BCUT2D eigenvalue weighted by Gasteiger charge is -2.19. The van der Waals surface area contributed by atoms with Gasteiger partial charge in [-0.25, -0.2) is 0 Å². The molecule has 0 aliphatic carbocycles. The highest BCUT2D eigenvalue weighted by molar-refractivity contribution is 5.86. The topological polar surface area (TPSA) is 76.1 Å². The molecule has 1 aromatic rings. The minimum absolute atomic E-state index is 0.0682. The summed E-state index contributed by atoms with van der Waals surface area (Å²) in [7, 11) is 1.60. The summed E-state index contributed by atoms with van der Waals surface area (Å²) < 4.78 is 11.2. The first-order valence-electron chi connectivity index (χ1n) is 8.85. The van der Waals surface area contributed by atoms with Gasteiger partial charge in [0.1, 0.15) is 11.5 Å². The van der Waals surface area contributed by atoms with Crippen molar-refractivity contribution in [3.63, 3.8) is 0 Å². The first-order chi connectivity index (χ1) is 12.0. The molecular weight excluding hydrogens is 322 g/mol. The number of amides is 1.